The lowest BCUT2D eigenvalue weighted by Gasteiger charge is -2.30. The lowest BCUT2D eigenvalue weighted by Crippen LogP contribution is -2.52. The molecule has 3 aromatic carbocycles. The number of allylic oxidation sites excluding steroid dienone is 2. The van der Waals surface area contributed by atoms with Gasteiger partial charge in [-0.25, -0.2) is 9.80 Å². The highest BCUT2D eigenvalue weighted by Gasteiger charge is 2.61. The van der Waals surface area contributed by atoms with E-state index in [4.69, 9.17) is 16.3 Å². The van der Waals surface area contributed by atoms with Gasteiger partial charge in [0, 0.05) is 20.6 Å². The fourth-order valence-corrected chi connectivity index (χ4v) is 6.18. The minimum Gasteiger partial charge on any atom is -0.423 e. The molecule has 0 N–H and O–H groups in total. The minimum absolute atomic E-state index is 0.0534. The normalized spacial score (nSPS) is 22.1. The molecule has 1 heterocycles. The number of ketones is 1. The average molecular weight is 634 g/mol. The predicted octanol–water partition coefficient (Wildman–Crippen LogP) is 5.37. The third-order valence-corrected chi connectivity index (χ3v) is 8.55. The molecule has 1 saturated heterocycles. The number of hydrogen-bond donors (Lipinski definition) is 0. The summed E-state index contributed by atoms with van der Waals surface area (Å²) in [5.74, 6) is -3.62. The Morgan fingerprint density at radius 1 is 0.805 bits per heavy atom. The van der Waals surface area contributed by atoms with Gasteiger partial charge in [0.15, 0.2) is 5.78 Å². The van der Waals surface area contributed by atoms with Crippen LogP contribution >= 0.6 is 27.5 Å². The van der Waals surface area contributed by atoms with Crippen LogP contribution in [-0.4, -0.2) is 46.0 Å². The van der Waals surface area contributed by atoms with Crippen LogP contribution in [0.5, 0.6) is 5.75 Å². The van der Waals surface area contributed by atoms with Crippen molar-refractivity contribution >= 4 is 57.0 Å². The topological polar surface area (TPSA) is 101 Å². The van der Waals surface area contributed by atoms with Gasteiger partial charge < -0.3 is 4.74 Å². The highest BCUT2D eigenvalue weighted by Crippen LogP contribution is 2.52. The number of halogens is 2. The van der Waals surface area contributed by atoms with Crippen molar-refractivity contribution in [2.75, 3.05) is 6.54 Å². The molecule has 0 spiro atoms. The number of hydrogen-bond acceptors (Lipinski definition) is 6. The van der Waals surface area contributed by atoms with Gasteiger partial charge in [0.25, 0.3) is 17.7 Å². The largest absolute Gasteiger partial charge is 0.423 e. The van der Waals surface area contributed by atoms with E-state index in [2.05, 4.69) is 15.9 Å². The number of nitrogens with zero attached hydrogens (tertiary/aromatic N) is 2. The summed E-state index contributed by atoms with van der Waals surface area (Å²) in [4.78, 5) is 66.5. The molecule has 8 nitrogen and oxygen atoms in total. The van der Waals surface area contributed by atoms with Gasteiger partial charge in [-0.05, 0) is 91.1 Å². The second-order valence-electron chi connectivity index (χ2n) is 10.2. The van der Waals surface area contributed by atoms with Gasteiger partial charge in [0.2, 0.25) is 0 Å². The quantitative estimate of drug-likeness (QED) is 0.114. The Balaban J connectivity index is 1.23. The summed E-state index contributed by atoms with van der Waals surface area (Å²) in [5, 5.41) is 2.22. The van der Waals surface area contributed by atoms with Crippen molar-refractivity contribution in [2.24, 2.45) is 23.7 Å². The highest BCUT2D eigenvalue weighted by atomic mass is 79.9. The number of amides is 3. The van der Waals surface area contributed by atoms with E-state index in [1.807, 2.05) is 12.2 Å². The zero-order valence-electron chi connectivity index (χ0n) is 21.4. The van der Waals surface area contributed by atoms with Gasteiger partial charge in [0.05, 0.1) is 17.4 Å². The fourth-order valence-electron chi connectivity index (χ4n) is 5.79. The first-order valence-corrected chi connectivity index (χ1v) is 14.1. The maximum atomic E-state index is 13.6. The van der Waals surface area contributed by atoms with E-state index in [-0.39, 0.29) is 28.7 Å². The molecule has 2 bridgehead atoms. The molecule has 2 aliphatic carbocycles. The number of carbonyl (C=O) groups excluding carboxylic acids is 5. The van der Waals surface area contributed by atoms with E-state index in [0.717, 1.165) is 20.9 Å². The summed E-state index contributed by atoms with van der Waals surface area (Å²) < 4.78 is 6.22. The molecule has 4 atom stereocenters. The van der Waals surface area contributed by atoms with Crippen LogP contribution in [0.25, 0.3) is 0 Å². The second-order valence-corrected chi connectivity index (χ2v) is 11.6. The molecule has 6 rings (SSSR count). The summed E-state index contributed by atoms with van der Waals surface area (Å²) in [7, 11) is 0. The van der Waals surface area contributed by atoms with E-state index in [9.17, 15) is 24.0 Å². The number of fused-ring (bicyclic) bond motifs is 5. The second kappa shape index (κ2) is 10.7. The first kappa shape index (κ1) is 27.1. The lowest BCUT2D eigenvalue weighted by atomic mass is 9.85. The molecular weight excluding hydrogens is 612 g/mol. The standard InChI is InChI=1S/C31H22BrClN2O6/c32-22-9-3-19(4-10-22)31(40)41-24-13-7-17(8-14-24)25(36)16-34(28(37)18-5-11-23(33)12-6-18)35-29(38)26-20-1-2-21(15-20)27(26)30(35)39/h1-14,20-21,26-27H,15-16H2/t20-,21-,26-,27+/m0/s1. The number of Topliss-reactive ketones (excluding diaryl/α,β-unsaturated/α-hetero) is 1. The van der Waals surface area contributed by atoms with Crippen molar-refractivity contribution < 1.29 is 28.7 Å². The van der Waals surface area contributed by atoms with E-state index < -0.39 is 47.9 Å². The average Bonchev–Trinajstić information content (AvgIpc) is 3.66. The molecular formula is C31H22BrClN2O6. The molecule has 10 heteroatoms. The Morgan fingerprint density at radius 2 is 1.34 bits per heavy atom. The van der Waals surface area contributed by atoms with Gasteiger partial charge in [-0.2, -0.15) is 5.01 Å². The Morgan fingerprint density at radius 3 is 1.93 bits per heavy atom. The van der Waals surface area contributed by atoms with Gasteiger partial charge in [-0.1, -0.05) is 39.7 Å². The monoisotopic (exact) mass is 632 g/mol. The third-order valence-electron chi connectivity index (χ3n) is 7.77. The van der Waals surface area contributed by atoms with Crippen molar-refractivity contribution in [3.05, 3.63) is 111 Å². The van der Waals surface area contributed by atoms with Crippen LogP contribution in [0.3, 0.4) is 0 Å². The first-order valence-electron chi connectivity index (χ1n) is 13.0. The Kier molecular flexibility index (Phi) is 7.09. The predicted molar refractivity (Wildman–Crippen MR) is 152 cm³/mol. The minimum atomic E-state index is -0.669. The van der Waals surface area contributed by atoms with Gasteiger partial charge >= 0.3 is 5.97 Å². The zero-order valence-corrected chi connectivity index (χ0v) is 23.7. The number of ether oxygens (including phenoxy) is 1. The van der Waals surface area contributed by atoms with Crippen LogP contribution in [0, 0.1) is 23.7 Å². The van der Waals surface area contributed by atoms with Crippen LogP contribution in [0.4, 0.5) is 0 Å². The van der Waals surface area contributed by atoms with Crippen molar-refractivity contribution in [1.29, 1.82) is 0 Å². The summed E-state index contributed by atoms with van der Waals surface area (Å²) in [6.45, 7) is -0.542. The van der Waals surface area contributed by atoms with E-state index in [1.165, 1.54) is 48.5 Å². The van der Waals surface area contributed by atoms with E-state index >= 15 is 0 Å². The lowest BCUT2D eigenvalue weighted by molar-refractivity contribution is -0.154. The van der Waals surface area contributed by atoms with Crippen molar-refractivity contribution in [1.82, 2.24) is 10.0 Å². The molecule has 41 heavy (non-hydrogen) atoms. The number of benzene rings is 3. The number of rotatable bonds is 7. The summed E-state index contributed by atoms with van der Waals surface area (Å²) in [6, 6.07) is 18.5. The highest BCUT2D eigenvalue weighted by molar-refractivity contribution is 9.10. The Labute approximate surface area is 248 Å². The van der Waals surface area contributed by atoms with E-state index in [0.29, 0.717) is 10.6 Å². The molecule has 3 amide bonds. The molecule has 0 aromatic heterocycles. The fraction of sp³-hybridized carbons (Fsp3) is 0.194. The van der Waals surface area contributed by atoms with Crippen LogP contribution < -0.4 is 4.74 Å². The van der Waals surface area contributed by atoms with Crippen molar-refractivity contribution in [3.8, 4) is 5.75 Å². The summed E-state index contributed by atoms with van der Waals surface area (Å²) in [6.07, 6.45) is 4.66. The number of hydrazine groups is 1. The van der Waals surface area contributed by atoms with Gasteiger partial charge in [-0.15, -0.1) is 0 Å². The van der Waals surface area contributed by atoms with Crippen molar-refractivity contribution in [3.63, 3.8) is 0 Å². The summed E-state index contributed by atoms with van der Waals surface area (Å²) >= 11 is 9.30. The number of imide groups is 1. The maximum absolute atomic E-state index is 13.6. The maximum Gasteiger partial charge on any atom is 0.343 e. The smallest absolute Gasteiger partial charge is 0.343 e. The molecule has 0 radical (unpaired) electrons. The molecule has 206 valence electrons. The molecule has 3 aromatic rings. The van der Waals surface area contributed by atoms with Crippen LogP contribution in [0.15, 0.2) is 89.4 Å². The van der Waals surface area contributed by atoms with Gasteiger partial charge in [0.1, 0.15) is 12.3 Å². The molecule has 3 aliphatic rings. The van der Waals surface area contributed by atoms with Crippen LogP contribution in [0.1, 0.15) is 37.5 Å². The molecule has 1 aliphatic heterocycles. The third kappa shape index (κ3) is 5.00. The Bertz CT molecular complexity index is 1570. The summed E-state index contributed by atoms with van der Waals surface area (Å²) in [5.41, 5.74) is 0.748. The van der Waals surface area contributed by atoms with Crippen LogP contribution in [-0.2, 0) is 9.59 Å². The van der Waals surface area contributed by atoms with Gasteiger partial charge in [-0.3, -0.25) is 19.2 Å². The molecule has 1 saturated carbocycles. The first-order chi connectivity index (χ1) is 19.7. The van der Waals surface area contributed by atoms with E-state index in [1.54, 1.807) is 24.3 Å². The SMILES string of the molecule is O=C(CN(C(=O)c1ccc(Cl)cc1)N1C(=O)[C@@H]2[C@H](C1=O)[C@H]1C=C[C@H]2C1)c1ccc(OC(=O)c2ccc(Br)cc2)cc1. The Hall–Kier alpha value is -4.08. The zero-order chi connectivity index (χ0) is 28.8. The van der Waals surface area contributed by atoms with Crippen molar-refractivity contribution in [2.45, 2.75) is 6.42 Å². The van der Waals surface area contributed by atoms with Crippen LogP contribution in [0.2, 0.25) is 5.02 Å². The number of carbonyl (C=O) groups is 5. The molecule has 0 unspecified atom stereocenters. The number of esters is 1. The molecule has 2 fully saturated rings.